The normalized spacial score (nSPS) is 14.5. The Morgan fingerprint density at radius 2 is 1.75 bits per heavy atom. The standard InChI is InChI=1S/C12H9N3O4S/c16-15(17)10-5-7-11(8-6-10)20(18,19)12-4-2-1-3-9-13-14-12/h1-9H. The molecule has 0 saturated heterocycles. The zero-order valence-corrected chi connectivity index (χ0v) is 10.9. The molecule has 0 fully saturated rings. The van der Waals surface area contributed by atoms with Crippen LogP contribution in [0.15, 0.2) is 74.9 Å². The Morgan fingerprint density at radius 1 is 1.05 bits per heavy atom. The first-order chi connectivity index (χ1) is 9.51. The van der Waals surface area contributed by atoms with E-state index in [2.05, 4.69) is 10.2 Å². The molecular formula is C12H9N3O4S. The fourth-order valence-corrected chi connectivity index (χ4v) is 2.57. The molecule has 7 nitrogen and oxygen atoms in total. The summed E-state index contributed by atoms with van der Waals surface area (Å²) in [6.07, 6.45) is 7.41. The first-order valence-electron chi connectivity index (χ1n) is 5.46. The van der Waals surface area contributed by atoms with Gasteiger partial charge in [-0.2, -0.15) is 5.11 Å². The molecule has 1 heterocycles. The second-order valence-electron chi connectivity index (χ2n) is 3.70. The van der Waals surface area contributed by atoms with Gasteiger partial charge in [-0.3, -0.25) is 10.1 Å². The van der Waals surface area contributed by atoms with Crippen molar-refractivity contribution in [2.24, 2.45) is 10.2 Å². The van der Waals surface area contributed by atoms with Crippen LogP contribution >= 0.6 is 0 Å². The Balaban J connectivity index is 2.42. The van der Waals surface area contributed by atoms with Crippen LogP contribution in [0.4, 0.5) is 5.69 Å². The van der Waals surface area contributed by atoms with Gasteiger partial charge < -0.3 is 0 Å². The van der Waals surface area contributed by atoms with Crippen molar-refractivity contribution in [2.45, 2.75) is 4.90 Å². The molecule has 1 aliphatic rings. The number of benzene rings is 1. The molecule has 0 N–H and O–H groups in total. The number of allylic oxidation sites excluding steroid dienone is 4. The smallest absolute Gasteiger partial charge is 0.258 e. The lowest BCUT2D eigenvalue weighted by Gasteiger charge is -2.03. The molecule has 20 heavy (non-hydrogen) atoms. The number of nitro benzene ring substituents is 1. The van der Waals surface area contributed by atoms with Gasteiger partial charge in [-0.15, -0.1) is 5.11 Å². The molecule has 0 spiro atoms. The molecule has 0 aliphatic carbocycles. The molecule has 1 aliphatic heterocycles. The van der Waals surface area contributed by atoms with E-state index in [-0.39, 0.29) is 15.6 Å². The molecule has 0 bridgehead atoms. The van der Waals surface area contributed by atoms with Crippen LogP contribution in [-0.4, -0.2) is 13.3 Å². The lowest BCUT2D eigenvalue weighted by atomic mass is 10.3. The number of rotatable bonds is 3. The maximum atomic E-state index is 12.3. The molecule has 1 aromatic rings. The van der Waals surface area contributed by atoms with Crippen molar-refractivity contribution < 1.29 is 13.3 Å². The minimum absolute atomic E-state index is 0.0775. The average Bonchev–Trinajstić information content (AvgIpc) is 2.38. The SMILES string of the molecule is O=[N+]([O-])c1ccc(S(=O)(=O)C2=CC=CC=CN=N2)cc1. The minimum atomic E-state index is -3.85. The second-order valence-corrected chi connectivity index (χ2v) is 5.60. The number of sulfone groups is 1. The number of hydrogen-bond donors (Lipinski definition) is 0. The van der Waals surface area contributed by atoms with Gasteiger partial charge in [0.15, 0.2) is 5.03 Å². The van der Waals surface area contributed by atoms with Crippen molar-refractivity contribution in [3.8, 4) is 0 Å². The first-order valence-corrected chi connectivity index (χ1v) is 6.94. The van der Waals surface area contributed by atoms with Gasteiger partial charge in [0.1, 0.15) is 0 Å². The van der Waals surface area contributed by atoms with Crippen LogP contribution < -0.4 is 0 Å². The highest BCUT2D eigenvalue weighted by Gasteiger charge is 2.21. The predicted molar refractivity (Wildman–Crippen MR) is 71.5 cm³/mol. The summed E-state index contributed by atoms with van der Waals surface area (Å²) in [6.45, 7) is 0. The van der Waals surface area contributed by atoms with Gasteiger partial charge in [0, 0.05) is 18.3 Å². The summed E-state index contributed by atoms with van der Waals surface area (Å²) in [5, 5.41) is 17.5. The quantitative estimate of drug-likeness (QED) is 0.631. The van der Waals surface area contributed by atoms with Gasteiger partial charge in [-0.25, -0.2) is 8.42 Å². The average molecular weight is 291 g/mol. The Morgan fingerprint density at radius 3 is 2.40 bits per heavy atom. The van der Waals surface area contributed by atoms with Crippen LogP contribution in [0.25, 0.3) is 0 Å². The van der Waals surface area contributed by atoms with E-state index in [0.717, 1.165) is 12.1 Å². The molecule has 0 unspecified atom stereocenters. The summed E-state index contributed by atoms with van der Waals surface area (Å²) in [6, 6.07) is 4.59. The van der Waals surface area contributed by atoms with Gasteiger partial charge in [0.05, 0.1) is 9.82 Å². The number of nitro groups is 1. The molecule has 102 valence electrons. The number of hydrogen-bond acceptors (Lipinski definition) is 6. The van der Waals surface area contributed by atoms with Gasteiger partial charge in [0.2, 0.25) is 9.84 Å². The highest BCUT2D eigenvalue weighted by atomic mass is 32.2. The van der Waals surface area contributed by atoms with Crippen LogP contribution in [0.5, 0.6) is 0 Å². The predicted octanol–water partition coefficient (Wildman–Crippen LogP) is 2.75. The van der Waals surface area contributed by atoms with Crippen molar-refractivity contribution in [1.82, 2.24) is 0 Å². The molecule has 0 atom stereocenters. The summed E-state index contributed by atoms with van der Waals surface area (Å²) in [5.74, 6) is 0. The topological polar surface area (TPSA) is 102 Å². The first kappa shape index (κ1) is 13.8. The monoisotopic (exact) mass is 291 g/mol. The van der Waals surface area contributed by atoms with E-state index < -0.39 is 14.8 Å². The summed E-state index contributed by atoms with van der Waals surface area (Å²) in [7, 11) is -3.85. The second kappa shape index (κ2) is 5.57. The van der Waals surface area contributed by atoms with E-state index in [0.29, 0.717) is 0 Å². The van der Waals surface area contributed by atoms with Crippen molar-refractivity contribution >= 4 is 15.5 Å². The van der Waals surface area contributed by atoms with Crippen LogP contribution in [0.1, 0.15) is 0 Å². The molecule has 0 radical (unpaired) electrons. The van der Waals surface area contributed by atoms with Crippen LogP contribution in [0.2, 0.25) is 0 Å². The Bertz CT molecular complexity index is 743. The maximum Gasteiger partial charge on any atom is 0.269 e. The Kier molecular flexibility index (Phi) is 3.85. The van der Waals surface area contributed by atoms with Crippen molar-refractivity contribution in [2.75, 3.05) is 0 Å². The lowest BCUT2D eigenvalue weighted by molar-refractivity contribution is -0.384. The third-order valence-corrected chi connectivity index (χ3v) is 4.06. The van der Waals surface area contributed by atoms with Gasteiger partial charge >= 0.3 is 0 Å². The Labute approximate surface area is 114 Å². The van der Waals surface area contributed by atoms with E-state index in [1.54, 1.807) is 12.2 Å². The lowest BCUT2D eigenvalue weighted by Crippen LogP contribution is -2.03. The molecule has 8 heteroatoms. The third-order valence-electron chi connectivity index (χ3n) is 2.40. The van der Waals surface area contributed by atoms with Crippen molar-refractivity contribution in [3.63, 3.8) is 0 Å². The number of non-ortho nitro benzene ring substituents is 1. The van der Waals surface area contributed by atoms with E-state index in [4.69, 9.17) is 0 Å². The van der Waals surface area contributed by atoms with Crippen LogP contribution in [-0.2, 0) is 9.84 Å². The van der Waals surface area contributed by atoms with Crippen LogP contribution in [0.3, 0.4) is 0 Å². The zero-order valence-electron chi connectivity index (χ0n) is 10.1. The van der Waals surface area contributed by atoms with Gasteiger partial charge in [-0.1, -0.05) is 12.2 Å². The molecule has 1 aromatic carbocycles. The fourth-order valence-electron chi connectivity index (χ4n) is 1.42. The number of nitrogens with zero attached hydrogens (tertiary/aromatic N) is 3. The van der Waals surface area contributed by atoms with Crippen molar-refractivity contribution in [3.05, 3.63) is 69.9 Å². The van der Waals surface area contributed by atoms with E-state index in [1.165, 1.54) is 30.5 Å². The number of azo groups is 1. The van der Waals surface area contributed by atoms with Gasteiger partial charge in [-0.05, 0) is 24.3 Å². The highest BCUT2D eigenvalue weighted by molar-refractivity contribution is 7.95. The Hall–Kier alpha value is -2.61. The van der Waals surface area contributed by atoms with E-state index in [9.17, 15) is 18.5 Å². The summed E-state index contributed by atoms with van der Waals surface area (Å²) >= 11 is 0. The van der Waals surface area contributed by atoms with Crippen molar-refractivity contribution in [1.29, 1.82) is 0 Å². The van der Waals surface area contributed by atoms with Gasteiger partial charge in [0.25, 0.3) is 5.69 Å². The molecule has 0 saturated carbocycles. The molecule has 0 aromatic heterocycles. The van der Waals surface area contributed by atoms with E-state index >= 15 is 0 Å². The van der Waals surface area contributed by atoms with Crippen LogP contribution in [0, 0.1) is 10.1 Å². The fraction of sp³-hybridized carbons (Fsp3) is 0. The third kappa shape index (κ3) is 2.86. The minimum Gasteiger partial charge on any atom is -0.258 e. The highest BCUT2D eigenvalue weighted by Crippen LogP contribution is 2.23. The summed E-state index contributed by atoms with van der Waals surface area (Å²) in [5.41, 5.74) is -0.181. The summed E-state index contributed by atoms with van der Waals surface area (Å²) in [4.78, 5) is 9.87. The largest absolute Gasteiger partial charge is 0.269 e. The molecular weight excluding hydrogens is 282 g/mol. The van der Waals surface area contributed by atoms with E-state index in [1.807, 2.05) is 0 Å². The summed E-state index contributed by atoms with van der Waals surface area (Å²) < 4.78 is 24.6. The maximum absolute atomic E-state index is 12.3. The molecule has 2 rings (SSSR count). The molecule has 0 amide bonds. The zero-order chi connectivity index (χ0) is 14.6.